The number of anilines is 1. The predicted molar refractivity (Wildman–Crippen MR) is 56.6 cm³/mol. The molecular weight excluding hydrogens is 195 g/mol. The van der Waals surface area contributed by atoms with Gasteiger partial charge in [-0.05, 0) is 13.1 Å². The number of nitrogens with zero attached hydrogens (tertiary/aromatic N) is 3. The van der Waals surface area contributed by atoms with Gasteiger partial charge in [0.15, 0.2) is 0 Å². The van der Waals surface area contributed by atoms with Gasteiger partial charge in [-0.25, -0.2) is 14.4 Å². The molecule has 0 aromatic carbocycles. The van der Waals surface area contributed by atoms with Crippen LogP contribution >= 0.6 is 0 Å². The number of rotatable bonds is 3. The lowest BCUT2D eigenvalue weighted by molar-refractivity contribution is 0.355. The highest BCUT2D eigenvalue weighted by molar-refractivity contribution is 5.40. The lowest BCUT2D eigenvalue weighted by Crippen LogP contribution is -2.37. The molecule has 0 spiro atoms. The molecule has 1 aliphatic heterocycles. The number of alkyl halides is 1. The Balaban J connectivity index is 2.13. The molecule has 1 aromatic rings. The summed E-state index contributed by atoms with van der Waals surface area (Å²) in [6.45, 7) is 1.22. The Morgan fingerprint density at radius 2 is 2.53 bits per heavy atom. The van der Waals surface area contributed by atoms with Gasteiger partial charge >= 0.3 is 0 Å². The summed E-state index contributed by atoms with van der Waals surface area (Å²) in [6.07, 6.45) is 3.00. The van der Waals surface area contributed by atoms with E-state index in [1.54, 1.807) is 6.20 Å². The highest BCUT2D eigenvalue weighted by Gasteiger charge is 2.32. The molecule has 82 valence electrons. The van der Waals surface area contributed by atoms with Gasteiger partial charge in [-0.1, -0.05) is 0 Å². The van der Waals surface area contributed by atoms with Crippen LogP contribution < -0.4 is 10.2 Å². The van der Waals surface area contributed by atoms with Crippen molar-refractivity contribution in [3.63, 3.8) is 0 Å². The average molecular weight is 210 g/mol. The van der Waals surface area contributed by atoms with Crippen LogP contribution in [0.25, 0.3) is 0 Å². The van der Waals surface area contributed by atoms with Crippen LogP contribution in [0.1, 0.15) is 6.42 Å². The van der Waals surface area contributed by atoms with Crippen LogP contribution in [-0.4, -0.2) is 42.3 Å². The van der Waals surface area contributed by atoms with Gasteiger partial charge in [0.05, 0.1) is 6.54 Å². The summed E-state index contributed by atoms with van der Waals surface area (Å²) in [5, 5.41) is 3.08. The number of hydrogen-bond acceptors (Lipinski definition) is 4. The molecule has 2 atom stereocenters. The predicted octanol–water partition coefficient (Wildman–Crippen LogP) is 0.613. The van der Waals surface area contributed by atoms with Gasteiger partial charge in [0.25, 0.3) is 0 Å². The van der Waals surface area contributed by atoms with E-state index >= 15 is 0 Å². The molecule has 1 saturated heterocycles. The average Bonchev–Trinajstić information content (AvgIpc) is 2.62. The maximum atomic E-state index is 13.3. The minimum Gasteiger partial charge on any atom is -0.349 e. The molecule has 5 heteroatoms. The van der Waals surface area contributed by atoms with E-state index in [0.717, 1.165) is 12.4 Å². The molecule has 2 rings (SSSR count). The van der Waals surface area contributed by atoms with E-state index in [0.29, 0.717) is 13.0 Å². The molecule has 2 heterocycles. The zero-order valence-corrected chi connectivity index (χ0v) is 8.73. The lowest BCUT2D eigenvalue weighted by atomic mass is 10.2. The van der Waals surface area contributed by atoms with Gasteiger partial charge in [-0.2, -0.15) is 0 Å². The molecule has 1 aromatic heterocycles. The van der Waals surface area contributed by atoms with Gasteiger partial charge in [0.2, 0.25) is 0 Å². The van der Waals surface area contributed by atoms with E-state index in [1.807, 2.05) is 18.0 Å². The maximum absolute atomic E-state index is 13.3. The Bertz CT molecular complexity index is 306. The molecule has 0 amide bonds. The molecule has 15 heavy (non-hydrogen) atoms. The molecule has 1 fully saturated rings. The lowest BCUT2D eigenvalue weighted by Gasteiger charge is -2.24. The fourth-order valence-electron chi connectivity index (χ4n) is 2.02. The van der Waals surface area contributed by atoms with Crippen molar-refractivity contribution in [1.29, 1.82) is 0 Å². The second kappa shape index (κ2) is 4.53. The van der Waals surface area contributed by atoms with Gasteiger partial charge in [0, 0.05) is 25.2 Å². The fraction of sp³-hybridized carbons (Fsp3) is 0.600. The number of halogens is 1. The Hall–Kier alpha value is -1.23. The number of aromatic nitrogens is 2. The van der Waals surface area contributed by atoms with Gasteiger partial charge < -0.3 is 10.2 Å². The second-order valence-corrected chi connectivity index (χ2v) is 3.76. The smallest absolute Gasteiger partial charge is 0.132 e. The molecule has 0 saturated carbocycles. The second-order valence-electron chi connectivity index (χ2n) is 3.76. The monoisotopic (exact) mass is 210 g/mol. The SMILES string of the molecule is CNC[C@@H]1C[C@H](F)CN1c1ccncn1. The third-order valence-corrected chi connectivity index (χ3v) is 2.66. The summed E-state index contributed by atoms with van der Waals surface area (Å²) in [7, 11) is 1.88. The molecular formula is C10H15FN4. The van der Waals surface area contributed by atoms with Crippen LogP contribution in [0, 0.1) is 0 Å². The largest absolute Gasteiger partial charge is 0.349 e. The molecule has 4 nitrogen and oxygen atoms in total. The van der Waals surface area contributed by atoms with Crippen LogP contribution in [-0.2, 0) is 0 Å². The normalized spacial score (nSPS) is 25.9. The molecule has 1 N–H and O–H groups in total. The minimum absolute atomic E-state index is 0.194. The van der Waals surface area contributed by atoms with E-state index < -0.39 is 6.17 Å². The van der Waals surface area contributed by atoms with Crippen molar-refractivity contribution in [1.82, 2.24) is 15.3 Å². The third-order valence-electron chi connectivity index (χ3n) is 2.66. The summed E-state index contributed by atoms with van der Waals surface area (Å²) < 4.78 is 13.3. The molecule has 0 bridgehead atoms. The third kappa shape index (κ3) is 2.23. The Morgan fingerprint density at radius 3 is 3.20 bits per heavy atom. The first-order chi connectivity index (χ1) is 7.31. The van der Waals surface area contributed by atoms with Crippen molar-refractivity contribution in [2.75, 3.05) is 25.0 Å². The van der Waals surface area contributed by atoms with E-state index in [1.165, 1.54) is 6.33 Å². The first-order valence-corrected chi connectivity index (χ1v) is 5.12. The van der Waals surface area contributed by atoms with Crippen molar-refractivity contribution in [3.05, 3.63) is 18.6 Å². The van der Waals surface area contributed by atoms with Crippen LogP contribution in [0.4, 0.5) is 10.2 Å². The highest BCUT2D eigenvalue weighted by Crippen LogP contribution is 2.24. The number of nitrogens with one attached hydrogen (secondary N) is 1. The van der Waals surface area contributed by atoms with E-state index in [9.17, 15) is 4.39 Å². The van der Waals surface area contributed by atoms with Gasteiger partial charge in [-0.3, -0.25) is 0 Å². The van der Waals surface area contributed by atoms with Gasteiger partial charge in [0.1, 0.15) is 18.3 Å². The fourth-order valence-corrected chi connectivity index (χ4v) is 2.02. The highest BCUT2D eigenvalue weighted by atomic mass is 19.1. The Kier molecular flexibility index (Phi) is 3.11. The van der Waals surface area contributed by atoms with E-state index in [4.69, 9.17) is 0 Å². The van der Waals surface area contributed by atoms with E-state index in [-0.39, 0.29) is 6.04 Å². The van der Waals surface area contributed by atoms with Crippen LogP contribution in [0.2, 0.25) is 0 Å². The summed E-state index contributed by atoms with van der Waals surface area (Å²) in [6, 6.07) is 2.01. The molecule has 1 aliphatic rings. The Morgan fingerprint density at radius 1 is 1.67 bits per heavy atom. The van der Waals surface area contributed by atoms with Crippen molar-refractivity contribution in [2.24, 2.45) is 0 Å². The van der Waals surface area contributed by atoms with Gasteiger partial charge in [-0.15, -0.1) is 0 Å². The van der Waals surface area contributed by atoms with Crippen molar-refractivity contribution in [3.8, 4) is 0 Å². The van der Waals surface area contributed by atoms with E-state index in [2.05, 4.69) is 15.3 Å². The van der Waals surface area contributed by atoms with Crippen LogP contribution in [0.15, 0.2) is 18.6 Å². The van der Waals surface area contributed by atoms with Crippen molar-refractivity contribution >= 4 is 5.82 Å². The first-order valence-electron chi connectivity index (χ1n) is 5.12. The molecule has 0 radical (unpaired) electrons. The number of hydrogen-bond donors (Lipinski definition) is 1. The quantitative estimate of drug-likeness (QED) is 0.793. The first kappa shape index (κ1) is 10.3. The molecule has 0 aliphatic carbocycles. The number of likely N-dealkylation sites (N-methyl/N-ethyl adjacent to an activating group) is 1. The summed E-state index contributed by atoms with van der Waals surface area (Å²) >= 11 is 0. The summed E-state index contributed by atoms with van der Waals surface area (Å²) in [5.41, 5.74) is 0. The standard InChI is InChI=1S/C10H15FN4/c1-12-5-9-4-8(11)6-15(9)10-2-3-13-7-14-10/h2-3,7-9,12H,4-6H2,1H3/t8-,9-/m0/s1. The van der Waals surface area contributed by atoms with Crippen molar-refractivity contribution < 1.29 is 4.39 Å². The zero-order chi connectivity index (χ0) is 10.7. The molecule has 0 unspecified atom stereocenters. The minimum atomic E-state index is -0.752. The zero-order valence-electron chi connectivity index (χ0n) is 8.73. The topological polar surface area (TPSA) is 41.0 Å². The Labute approximate surface area is 88.5 Å². The summed E-state index contributed by atoms with van der Waals surface area (Å²) in [4.78, 5) is 10.0. The van der Waals surface area contributed by atoms with Crippen LogP contribution in [0.5, 0.6) is 0 Å². The maximum Gasteiger partial charge on any atom is 0.132 e. The summed E-state index contributed by atoms with van der Waals surface area (Å²) in [5.74, 6) is 0.811. The van der Waals surface area contributed by atoms with Crippen molar-refractivity contribution in [2.45, 2.75) is 18.6 Å². The van der Waals surface area contributed by atoms with Crippen LogP contribution in [0.3, 0.4) is 0 Å².